The minimum atomic E-state index is -1.47. The molecule has 40 heavy (non-hydrogen) atoms. The number of aromatic nitrogens is 4. The summed E-state index contributed by atoms with van der Waals surface area (Å²) in [6, 6.07) is -0.975. The Kier molecular flexibility index (Phi) is 8.63. The molecule has 2 atom stereocenters. The number of aliphatic carboxylic acids is 1. The van der Waals surface area contributed by atoms with Crippen LogP contribution in [0.3, 0.4) is 0 Å². The van der Waals surface area contributed by atoms with Crippen molar-refractivity contribution in [3.05, 3.63) is 46.8 Å². The summed E-state index contributed by atoms with van der Waals surface area (Å²) in [7, 11) is 0. The van der Waals surface area contributed by atoms with Crippen molar-refractivity contribution >= 4 is 74.2 Å². The molecule has 2 fully saturated rings. The number of carboxylic acids is 1. The number of rotatable bonds is 8. The Morgan fingerprint density at radius 1 is 1.27 bits per heavy atom. The third-order valence-electron chi connectivity index (χ3n) is 6.58. The summed E-state index contributed by atoms with van der Waals surface area (Å²) in [4.78, 5) is 54.2. The molecule has 2 amide bonds. The van der Waals surface area contributed by atoms with Crippen LogP contribution in [-0.2, 0) is 19.2 Å². The van der Waals surface area contributed by atoms with E-state index < -0.39 is 29.2 Å². The van der Waals surface area contributed by atoms with Gasteiger partial charge in [0.05, 0.1) is 23.6 Å². The second-order valence-corrected chi connectivity index (χ2v) is 11.8. The molecule has 3 aromatic rings. The third-order valence-corrected chi connectivity index (χ3v) is 9.33. The molecule has 6 rings (SSSR count). The van der Waals surface area contributed by atoms with Gasteiger partial charge in [-0.05, 0) is 37.3 Å². The molecule has 17 heteroatoms. The summed E-state index contributed by atoms with van der Waals surface area (Å²) in [6.07, 6.45) is 10.4. The molecule has 3 aliphatic rings. The quantitative estimate of drug-likeness (QED) is 0.121. The van der Waals surface area contributed by atoms with Gasteiger partial charge in [0.1, 0.15) is 28.7 Å². The summed E-state index contributed by atoms with van der Waals surface area (Å²) < 4.78 is 5.94. The average Bonchev–Trinajstić information content (AvgIpc) is 3.72. The molecule has 0 bridgehead atoms. The molecule has 0 spiro atoms. The first-order valence-electron chi connectivity index (χ1n) is 12.0. The number of anilines is 1. The Bertz CT molecular complexity index is 1560. The van der Waals surface area contributed by atoms with Crippen molar-refractivity contribution in [2.24, 2.45) is 5.16 Å². The van der Waals surface area contributed by atoms with E-state index in [1.807, 2.05) is 9.78 Å². The molecule has 0 aromatic carbocycles. The molecule has 2 aliphatic heterocycles. The smallest absolute Gasteiger partial charge is 0.543 e. The van der Waals surface area contributed by atoms with Crippen LogP contribution in [-0.4, -0.2) is 70.4 Å². The van der Waals surface area contributed by atoms with Crippen molar-refractivity contribution in [3.63, 3.8) is 0 Å². The van der Waals surface area contributed by atoms with Crippen LogP contribution in [0.1, 0.15) is 37.2 Å². The summed E-state index contributed by atoms with van der Waals surface area (Å²) in [5, 5.41) is 20.2. The number of hydrogen-bond donors (Lipinski definition) is 2. The maximum atomic E-state index is 13.2. The Balaban J connectivity index is 0.00000323. The van der Waals surface area contributed by atoms with Gasteiger partial charge in [-0.3, -0.25) is 18.9 Å². The third kappa shape index (κ3) is 5.43. The van der Waals surface area contributed by atoms with Crippen LogP contribution >= 0.6 is 34.6 Å². The zero-order chi connectivity index (χ0) is 27.1. The maximum absolute atomic E-state index is 13.2. The molecule has 1 saturated carbocycles. The molecular weight excluding hydrogens is 587 g/mol. The van der Waals surface area contributed by atoms with Gasteiger partial charge in [0.25, 0.3) is 11.8 Å². The molecule has 202 valence electrons. The number of nitrogens with two attached hydrogens (primary N) is 1. The predicted octanol–water partition coefficient (Wildman–Crippen LogP) is -2.39. The molecular formula is C23H21N8NaO5S3. The van der Waals surface area contributed by atoms with Crippen molar-refractivity contribution in [2.75, 3.05) is 11.5 Å². The van der Waals surface area contributed by atoms with E-state index in [0.717, 1.165) is 52.6 Å². The van der Waals surface area contributed by atoms with Crippen molar-refractivity contribution in [1.29, 1.82) is 0 Å². The minimum absolute atomic E-state index is 0. The Morgan fingerprint density at radius 3 is 2.80 bits per heavy atom. The second-order valence-electron chi connectivity index (χ2n) is 9.03. The molecule has 0 radical (unpaired) electrons. The summed E-state index contributed by atoms with van der Waals surface area (Å²) >= 11 is 3.75. The van der Waals surface area contributed by atoms with Gasteiger partial charge in [-0.2, -0.15) is 9.36 Å². The Hall–Kier alpha value is -2.76. The van der Waals surface area contributed by atoms with Gasteiger partial charge in [0.2, 0.25) is 11.5 Å². The first-order valence-corrected chi connectivity index (χ1v) is 14.7. The monoisotopic (exact) mass is 608 g/mol. The zero-order valence-electron chi connectivity index (χ0n) is 21.2. The molecule has 3 N–H and O–H groups in total. The number of carbonyl (C=O) groups is 3. The number of hydrogen-bond acceptors (Lipinski definition) is 13. The molecule has 0 unspecified atom stereocenters. The van der Waals surface area contributed by atoms with Gasteiger partial charge in [-0.15, -0.1) is 23.1 Å². The zero-order valence-corrected chi connectivity index (χ0v) is 25.6. The van der Waals surface area contributed by atoms with Gasteiger partial charge in [0, 0.05) is 22.7 Å². The Labute approximate surface area is 262 Å². The minimum Gasteiger partial charge on any atom is -0.543 e. The van der Waals surface area contributed by atoms with Crippen LogP contribution in [0.5, 0.6) is 0 Å². The van der Waals surface area contributed by atoms with Crippen LogP contribution in [0.15, 0.2) is 40.4 Å². The van der Waals surface area contributed by atoms with E-state index in [-0.39, 0.29) is 58.0 Å². The van der Waals surface area contributed by atoms with Gasteiger partial charge < -0.3 is 25.8 Å². The number of carboxylic acid groups (broad SMARTS) is 1. The van der Waals surface area contributed by atoms with E-state index in [4.69, 9.17) is 10.6 Å². The Morgan fingerprint density at radius 2 is 2.08 bits per heavy atom. The van der Waals surface area contributed by atoms with E-state index in [0.29, 0.717) is 11.3 Å². The molecule has 13 nitrogen and oxygen atoms in total. The van der Waals surface area contributed by atoms with E-state index in [1.54, 1.807) is 24.7 Å². The number of β-lactam (4-membered cyclic amide) rings is 1. The van der Waals surface area contributed by atoms with Crippen LogP contribution in [0, 0.1) is 0 Å². The molecule has 1 aliphatic carbocycles. The van der Waals surface area contributed by atoms with Crippen LogP contribution in [0.25, 0.3) is 10.9 Å². The van der Waals surface area contributed by atoms with Crippen molar-refractivity contribution in [3.8, 4) is 0 Å². The first kappa shape index (κ1) is 28.8. The van der Waals surface area contributed by atoms with Gasteiger partial charge in [-0.25, -0.2) is 4.98 Å². The number of carbonyl (C=O) groups excluding carboxylic acids is 3. The fourth-order valence-electron chi connectivity index (χ4n) is 4.65. The van der Waals surface area contributed by atoms with Crippen LogP contribution < -0.4 is 45.7 Å². The normalized spacial score (nSPS) is 21.4. The second kappa shape index (κ2) is 12.0. The number of amides is 2. The maximum Gasteiger partial charge on any atom is 1.00 e. The van der Waals surface area contributed by atoms with E-state index >= 15 is 0 Å². The van der Waals surface area contributed by atoms with Crippen LogP contribution in [0.4, 0.5) is 5.13 Å². The number of fused-ring (bicyclic) bond motifs is 2. The predicted molar refractivity (Wildman–Crippen MR) is 143 cm³/mol. The van der Waals surface area contributed by atoms with Gasteiger partial charge >= 0.3 is 29.6 Å². The average molecular weight is 609 g/mol. The van der Waals surface area contributed by atoms with Gasteiger partial charge in [-0.1, -0.05) is 11.2 Å². The summed E-state index contributed by atoms with van der Waals surface area (Å²) in [5.41, 5.74) is 6.55. The number of nitrogens with one attached hydrogen (secondary N) is 1. The van der Waals surface area contributed by atoms with Crippen LogP contribution in [0.2, 0.25) is 0 Å². The van der Waals surface area contributed by atoms with E-state index in [9.17, 15) is 19.5 Å². The first-order chi connectivity index (χ1) is 18.9. The van der Waals surface area contributed by atoms with Crippen molar-refractivity contribution in [2.45, 2.75) is 43.2 Å². The summed E-state index contributed by atoms with van der Waals surface area (Å²) in [5.74, 6) is -2.45. The number of oxime groups is 1. The number of imidazole rings is 1. The van der Waals surface area contributed by atoms with E-state index in [2.05, 4.69) is 24.8 Å². The number of nitrogens with zero attached hydrogens (tertiary/aromatic N) is 6. The fourth-order valence-corrected chi connectivity index (χ4v) is 7.23. The van der Waals surface area contributed by atoms with Gasteiger partial charge in [0.15, 0.2) is 5.13 Å². The van der Waals surface area contributed by atoms with Crippen molar-refractivity contribution in [1.82, 2.24) is 29.0 Å². The number of thiazole rings is 1. The van der Waals surface area contributed by atoms with E-state index in [1.165, 1.54) is 23.1 Å². The van der Waals surface area contributed by atoms with Crippen molar-refractivity contribution < 1.29 is 53.9 Å². The number of nitrogen functional groups attached to an aromatic ring is 1. The standard InChI is InChI=1S/C23H22N8O5S3.Na/c24-23-27-18(29-39-23)15(28-36-13-3-1-2-4-13)19(32)26-16-20(33)31-17(22(34)35)11(8-38-21(16)31)5-6-12-9-37-14-7-25-10-30(12)14;/h5-7,9-10,13,16,21H,1-4,8H2,(H,26,32)(H,34,35)(H2,24,27,29);/q;+1/p-1/b6-5+,28-15-;/t16-,21-;/m1./s1. The molecule has 5 heterocycles. The summed E-state index contributed by atoms with van der Waals surface area (Å²) in [6.45, 7) is 0. The SMILES string of the molecule is Nc1nc(/C(=N/OC2CCCC2)C(=O)N[C@@H]2C(=O)N3C(C(=O)[O-])=C(/C=C/c4csc5cncn45)CS[C@H]23)ns1.[Na+]. The molecule has 1 saturated heterocycles. The number of allylic oxidation sites excluding steroid dienone is 1. The fraction of sp³-hybridized carbons (Fsp3) is 0.348. The number of thioether (sulfide) groups is 1. The largest absolute Gasteiger partial charge is 1.00 e. The topological polar surface area (TPSA) is 180 Å². The molecule has 3 aromatic heterocycles.